The number of rotatable bonds is 2. The summed E-state index contributed by atoms with van der Waals surface area (Å²) in [4.78, 5) is 0. The van der Waals surface area contributed by atoms with Crippen molar-refractivity contribution in [2.45, 2.75) is 26.3 Å². The Bertz CT molecular complexity index is 379. The average Bonchev–Trinajstić information content (AvgIpc) is 2.42. The normalized spacial score (nSPS) is 11.0. The predicted molar refractivity (Wildman–Crippen MR) is 47.3 cm³/mol. The average molecular weight is 220 g/mol. The first kappa shape index (κ1) is 10.9. The van der Waals surface area contributed by atoms with Gasteiger partial charge in [-0.25, -0.2) is 13.5 Å². The van der Waals surface area contributed by atoms with Crippen LogP contribution in [-0.2, 0) is 0 Å². The van der Waals surface area contributed by atoms with Gasteiger partial charge in [0.25, 0.3) is 6.43 Å². The second-order valence-corrected chi connectivity index (χ2v) is 3.36. The Kier molecular flexibility index (Phi) is 3.06. The van der Waals surface area contributed by atoms with E-state index >= 15 is 0 Å². The van der Waals surface area contributed by atoms with Gasteiger partial charge in [0, 0.05) is 6.04 Å². The molecule has 0 saturated heterocycles. The van der Waals surface area contributed by atoms with Gasteiger partial charge in [-0.15, -0.1) is 0 Å². The molecule has 0 fully saturated rings. The Morgan fingerprint density at radius 1 is 1.50 bits per heavy atom. The molecule has 1 heterocycles. The highest BCUT2D eigenvalue weighted by atomic mass is 35.5. The summed E-state index contributed by atoms with van der Waals surface area (Å²) >= 11 is 5.71. The van der Waals surface area contributed by atoms with Crippen molar-refractivity contribution in [2.24, 2.45) is 0 Å². The Hall–Kier alpha value is -1.15. The zero-order chi connectivity index (χ0) is 10.9. The molecule has 0 N–H and O–H groups in total. The summed E-state index contributed by atoms with van der Waals surface area (Å²) in [5.41, 5.74) is -0.790. The Labute approximate surface area is 84.9 Å². The minimum Gasteiger partial charge on any atom is -0.250 e. The predicted octanol–water partition coefficient (Wildman–Crippen LogP) is 2.93. The summed E-state index contributed by atoms with van der Waals surface area (Å²) in [6.45, 7) is 3.49. The quantitative estimate of drug-likeness (QED) is 0.768. The van der Waals surface area contributed by atoms with Gasteiger partial charge in [0.15, 0.2) is 0 Å². The Morgan fingerprint density at radius 3 is 2.36 bits per heavy atom. The molecule has 0 atom stereocenters. The fraction of sp³-hybridized carbons (Fsp3) is 0.500. The largest absolute Gasteiger partial charge is 0.283 e. The molecule has 0 saturated carbocycles. The molecule has 3 nitrogen and oxygen atoms in total. The lowest BCUT2D eigenvalue weighted by atomic mass is 10.3. The van der Waals surface area contributed by atoms with Crippen molar-refractivity contribution in [1.82, 2.24) is 9.78 Å². The van der Waals surface area contributed by atoms with Crippen LogP contribution in [0.15, 0.2) is 0 Å². The van der Waals surface area contributed by atoms with Gasteiger partial charge in [-0.3, -0.25) is 0 Å². The molecule has 0 amide bonds. The van der Waals surface area contributed by atoms with E-state index in [2.05, 4.69) is 5.10 Å². The maximum Gasteiger partial charge on any atom is 0.283 e. The third-order valence-corrected chi connectivity index (χ3v) is 2.05. The van der Waals surface area contributed by atoms with E-state index in [9.17, 15) is 8.78 Å². The van der Waals surface area contributed by atoms with Gasteiger partial charge in [0.1, 0.15) is 22.5 Å². The summed E-state index contributed by atoms with van der Waals surface area (Å²) in [7, 11) is 0. The summed E-state index contributed by atoms with van der Waals surface area (Å²) in [6, 6.07) is 1.47. The second kappa shape index (κ2) is 3.93. The van der Waals surface area contributed by atoms with E-state index in [1.807, 2.05) is 0 Å². The Morgan fingerprint density at radius 2 is 2.07 bits per heavy atom. The van der Waals surface area contributed by atoms with Crippen molar-refractivity contribution in [2.75, 3.05) is 0 Å². The third-order valence-electron chi connectivity index (χ3n) is 1.69. The van der Waals surface area contributed by atoms with E-state index in [1.165, 1.54) is 4.68 Å². The molecule has 0 radical (unpaired) electrons. The van der Waals surface area contributed by atoms with Crippen molar-refractivity contribution < 1.29 is 8.78 Å². The summed E-state index contributed by atoms with van der Waals surface area (Å²) in [5.74, 6) is 0. The maximum atomic E-state index is 12.4. The zero-order valence-corrected chi connectivity index (χ0v) is 8.39. The van der Waals surface area contributed by atoms with Crippen molar-refractivity contribution in [3.05, 3.63) is 16.4 Å². The van der Waals surface area contributed by atoms with Gasteiger partial charge in [-0.2, -0.15) is 10.4 Å². The molecule has 14 heavy (non-hydrogen) atoms. The molecule has 0 aliphatic carbocycles. The smallest absolute Gasteiger partial charge is 0.250 e. The molecule has 76 valence electrons. The van der Waals surface area contributed by atoms with Gasteiger partial charge in [-0.1, -0.05) is 11.6 Å². The molecule has 6 heteroatoms. The molecule has 0 aromatic carbocycles. The lowest BCUT2D eigenvalue weighted by molar-refractivity contribution is 0.144. The van der Waals surface area contributed by atoms with Gasteiger partial charge < -0.3 is 0 Å². The summed E-state index contributed by atoms with van der Waals surface area (Å²) in [5, 5.41) is 12.2. The van der Waals surface area contributed by atoms with Crippen molar-refractivity contribution >= 4 is 11.6 Å². The van der Waals surface area contributed by atoms with Gasteiger partial charge in [-0.05, 0) is 13.8 Å². The number of halogens is 3. The van der Waals surface area contributed by atoms with Crippen molar-refractivity contribution in [3.8, 4) is 6.07 Å². The van der Waals surface area contributed by atoms with Gasteiger partial charge >= 0.3 is 0 Å². The van der Waals surface area contributed by atoms with Crippen LogP contribution >= 0.6 is 11.6 Å². The molecule has 0 aliphatic heterocycles. The van der Waals surface area contributed by atoms with E-state index in [0.717, 1.165) is 0 Å². The first-order chi connectivity index (χ1) is 6.49. The van der Waals surface area contributed by atoms with Crippen molar-refractivity contribution in [1.29, 1.82) is 5.26 Å². The van der Waals surface area contributed by atoms with Crippen molar-refractivity contribution in [3.63, 3.8) is 0 Å². The first-order valence-electron chi connectivity index (χ1n) is 3.95. The van der Waals surface area contributed by atoms with Crippen LogP contribution in [0.5, 0.6) is 0 Å². The van der Waals surface area contributed by atoms with E-state index < -0.39 is 12.1 Å². The summed E-state index contributed by atoms with van der Waals surface area (Å²) < 4.78 is 26.0. The molecule has 0 bridgehead atoms. The van der Waals surface area contributed by atoms with E-state index in [4.69, 9.17) is 16.9 Å². The third kappa shape index (κ3) is 1.70. The Balaban J connectivity index is 3.34. The molecule has 1 aromatic rings. The lowest BCUT2D eigenvalue weighted by Gasteiger charge is -2.05. The molecule has 1 rings (SSSR count). The van der Waals surface area contributed by atoms with Crippen LogP contribution in [0, 0.1) is 11.3 Å². The number of aromatic nitrogens is 2. The van der Waals surface area contributed by atoms with Crippen LogP contribution < -0.4 is 0 Å². The van der Waals surface area contributed by atoms with Crippen LogP contribution in [0.4, 0.5) is 8.78 Å². The van der Waals surface area contributed by atoms with Crippen LogP contribution in [0.1, 0.15) is 37.6 Å². The monoisotopic (exact) mass is 219 g/mol. The molecule has 0 spiro atoms. The number of alkyl halides is 2. The zero-order valence-electron chi connectivity index (χ0n) is 7.63. The first-order valence-corrected chi connectivity index (χ1v) is 4.33. The van der Waals surface area contributed by atoms with E-state index in [1.54, 1.807) is 19.9 Å². The maximum absolute atomic E-state index is 12.4. The molecule has 0 aliphatic rings. The highest BCUT2D eigenvalue weighted by molar-refractivity contribution is 6.30. The number of nitriles is 1. The van der Waals surface area contributed by atoms with Gasteiger partial charge in [0.05, 0.1) is 0 Å². The SMILES string of the molecule is CC(C)n1nc(C(F)F)c(C#N)c1Cl. The summed E-state index contributed by atoms with van der Waals surface area (Å²) in [6.07, 6.45) is -2.78. The topological polar surface area (TPSA) is 41.6 Å². The minimum atomic E-state index is -2.78. The fourth-order valence-corrected chi connectivity index (χ4v) is 1.40. The van der Waals surface area contributed by atoms with Crippen LogP contribution in [-0.4, -0.2) is 9.78 Å². The molecule has 0 unspecified atom stereocenters. The van der Waals surface area contributed by atoms with Crippen LogP contribution in [0.3, 0.4) is 0 Å². The highest BCUT2D eigenvalue weighted by Crippen LogP contribution is 2.28. The number of hydrogen-bond donors (Lipinski definition) is 0. The lowest BCUT2D eigenvalue weighted by Crippen LogP contribution is -2.03. The standard InChI is InChI=1S/C8H8ClF2N3/c1-4(2)14-7(9)5(3-12)6(13-14)8(10)11/h4,8H,1-2H3. The van der Waals surface area contributed by atoms with Gasteiger partial charge in [0.2, 0.25) is 0 Å². The molecule has 1 aromatic heterocycles. The van der Waals surface area contributed by atoms with Crippen LogP contribution in [0.2, 0.25) is 5.15 Å². The van der Waals surface area contributed by atoms with Crippen LogP contribution in [0.25, 0.3) is 0 Å². The highest BCUT2D eigenvalue weighted by Gasteiger charge is 2.23. The number of nitrogens with zero attached hydrogens (tertiary/aromatic N) is 3. The van der Waals surface area contributed by atoms with E-state index in [0.29, 0.717) is 0 Å². The number of hydrogen-bond acceptors (Lipinski definition) is 2. The second-order valence-electron chi connectivity index (χ2n) is 3.00. The fourth-order valence-electron chi connectivity index (χ4n) is 1.03. The minimum absolute atomic E-state index is 0.0298. The molecular weight excluding hydrogens is 212 g/mol. The van der Waals surface area contributed by atoms with E-state index in [-0.39, 0.29) is 16.8 Å². The molecular formula is C8H8ClF2N3.